The number of amides is 1. The molecule has 0 fully saturated rings. The van der Waals surface area contributed by atoms with Crippen LogP contribution >= 0.6 is 11.6 Å². The minimum absolute atomic E-state index is 0.0228. The largest absolute Gasteiger partial charge is 0.487 e. The third-order valence-corrected chi connectivity index (χ3v) is 2.66. The first-order chi connectivity index (χ1) is 9.54. The van der Waals surface area contributed by atoms with Gasteiger partial charge in [-0.2, -0.15) is 0 Å². The molecule has 0 radical (unpaired) electrons. The van der Waals surface area contributed by atoms with E-state index in [-0.39, 0.29) is 18.6 Å². The number of anilines is 1. The molecule has 0 saturated carbocycles. The number of para-hydroxylation sites is 1. The van der Waals surface area contributed by atoms with Crippen molar-refractivity contribution in [3.63, 3.8) is 0 Å². The van der Waals surface area contributed by atoms with Gasteiger partial charge in [0.2, 0.25) is 5.91 Å². The molecule has 6 heteroatoms. The van der Waals surface area contributed by atoms with Crippen LogP contribution in [0.1, 0.15) is 13.8 Å². The van der Waals surface area contributed by atoms with E-state index in [1.54, 1.807) is 25.3 Å². The van der Waals surface area contributed by atoms with E-state index >= 15 is 0 Å². The van der Waals surface area contributed by atoms with Crippen LogP contribution in [0, 0.1) is 0 Å². The summed E-state index contributed by atoms with van der Waals surface area (Å²) in [5, 5.41) is 6.23. The summed E-state index contributed by atoms with van der Waals surface area (Å²) < 4.78 is 10.5. The van der Waals surface area contributed by atoms with Crippen molar-refractivity contribution in [3.05, 3.63) is 23.2 Å². The second-order valence-electron chi connectivity index (χ2n) is 4.50. The van der Waals surface area contributed by atoms with Gasteiger partial charge in [-0.3, -0.25) is 4.79 Å². The Morgan fingerprint density at radius 3 is 2.80 bits per heavy atom. The maximum absolute atomic E-state index is 11.8. The predicted octanol–water partition coefficient (Wildman–Crippen LogP) is 2.30. The lowest BCUT2D eigenvalue weighted by molar-refractivity contribution is -0.115. The third kappa shape index (κ3) is 5.77. The second kappa shape index (κ2) is 8.79. The summed E-state index contributed by atoms with van der Waals surface area (Å²) in [6.45, 7) is 5.19. The molecule has 112 valence electrons. The molecule has 1 aromatic carbocycles. The van der Waals surface area contributed by atoms with Gasteiger partial charge in [-0.1, -0.05) is 17.7 Å². The highest BCUT2D eigenvalue weighted by Gasteiger charge is 2.12. The number of carbonyl (C=O) groups excluding carboxylic acids is 1. The van der Waals surface area contributed by atoms with E-state index in [9.17, 15) is 4.79 Å². The highest BCUT2D eigenvalue weighted by Crippen LogP contribution is 2.33. The molecule has 5 nitrogen and oxygen atoms in total. The fourth-order valence-electron chi connectivity index (χ4n) is 1.53. The molecule has 0 aliphatic carbocycles. The minimum atomic E-state index is -0.156. The molecule has 0 atom stereocenters. The molecule has 0 bridgehead atoms. The Balaban J connectivity index is 2.62. The normalized spacial score (nSPS) is 10.7. The average molecular weight is 301 g/mol. The van der Waals surface area contributed by atoms with E-state index in [0.29, 0.717) is 29.6 Å². The Labute approximate surface area is 124 Å². The molecule has 0 aliphatic heterocycles. The van der Waals surface area contributed by atoms with Gasteiger partial charge in [-0.05, 0) is 26.0 Å². The Morgan fingerprint density at radius 1 is 1.40 bits per heavy atom. The van der Waals surface area contributed by atoms with Gasteiger partial charge in [-0.25, -0.2) is 0 Å². The summed E-state index contributed by atoms with van der Waals surface area (Å²) in [6.07, 6.45) is -0.0228. The van der Waals surface area contributed by atoms with Gasteiger partial charge in [0.25, 0.3) is 0 Å². The molecule has 1 aromatic rings. The van der Waals surface area contributed by atoms with E-state index in [0.717, 1.165) is 0 Å². The van der Waals surface area contributed by atoms with Gasteiger partial charge < -0.3 is 20.1 Å². The lowest BCUT2D eigenvalue weighted by atomic mass is 10.2. The Morgan fingerprint density at radius 2 is 2.15 bits per heavy atom. The molecule has 0 heterocycles. The van der Waals surface area contributed by atoms with Gasteiger partial charge in [-0.15, -0.1) is 0 Å². The van der Waals surface area contributed by atoms with Crippen molar-refractivity contribution >= 4 is 23.2 Å². The van der Waals surface area contributed by atoms with Crippen LogP contribution in [0.25, 0.3) is 0 Å². The molecule has 0 aromatic heterocycles. The number of halogens is 1. The minimum Gasteiger partial charge on any atom is -0.487 e. The van der Waals surface area contributed by atoms with E-state index in [2.05, 4.69) is 10.6 Å². The van der Waals surface area contributed by atoms with Crippen molar-refractivity contribution in [1.29, 1.82) is 0 Å². The summed E-state index contributed by atoms with van der Waals surface area (Å²) in [5.41, 5.74) is 0.574. The quantitative estimate of drug-likeness (QED) is 0.723. The van der Waals surface area contributed by atoms with Gasteiger partial charge >= 0.3 is 0 Å². The SMILES string of the molecule is COCCNCC(=O)Nc1cccc(Cl)c1OC(C)C. The zero-order valence-electron chi connectivity index (χ0n) is 12.0. The van der Waals surface area contributed by atoms with E-state index in [1.807, 2.05) is 13.8 Å². The molecule has 0 spiro atoms. The smallest absolute Gasteiger partial charge is 0.238 e. The molecular formula is C14H21ClN2O3. The molecule has 0 unspecified atom stereocenters. The molecule has 0 aliphatic rings. The van der Waals surface area contributed by atoms with Crippen LogP contribution in [-0.2, 0) is 9.53 Å². The number of methoxy groups -OCH3 is 1. The van der Waals surface area contributed by atoms with Crippen LogP contribution < -0.4 is 15.4 Å². The van der Waals surface area contributed by atoms with Crippen LogP contribution in [-0.4, -0.2) is 38.8 Å². The number of hydrogen-bond donors (Lipinski definition) is 2. The zero-order chi connectivity index (χ0) is 15.0. The first kappa shape index (κ1) is 16.8. The van der Waals surface area contributed by atoms with Crippen LogP contribution in [0.5, 0.6) is 5.75 Å². The lowest BCUT2D eigenvalue weighted by Crippen LogP contribution is -2.30. The highest BCUT2D eigenvalue weighted by atomic mass is 35.5. The van der Waals surface area contributed by atoms with Crippen molar-refractivity contribution in [3.8, 4) is 5.75 Å². The van der Waals surface area contributed by atoms with Crippen LogP contribution in [0.3, 0.4) is 0 Å². The second-order valence-corrected chi connectivity index (χ2v) is 4.91. The Bertz CT molecular complexity index is 438. The van der Waals surface area contributed by atoms with Crippen molar-refractivity contribution < 1.29 is 14.3 Å². The third-order valence-electron chi connectivity index (χ3n) is 2.36. The summed E-state index contributed by atoms with van der Waals surface area (Å²) in [5.74, 6) is 0.339. The van der Waals surface area contributed by atoms with Gasteiger partial charge in [0.15, 0.2) is 5.75 Å². The monoisotopic (exact) mass is 300 g/mol. The van der Waals surface area contributed by atoms with E-state index < -0.39 is 0 Å². The summed E-state index contributed by atoms with van der Waals surface area (Å²) in [4.78, 5) is 11.8. The topological polar surface area (TPSA) is 59.6 Å². The first-order valence-corrected chi connectivity index (χ1v) is 6.87. The van der Waals surface area contributed by atoms with Crippen molar-refractivity contribution in [1.82, 2.24) is 5.32 Å². The maximum Gasteiger partial charge on any atom is 0.238 e. The van der Waals surface area contributed by atoms with Gasteiger partial charge in [0.1, 0.15) is 0 Å². The van der Waals surface area contributed by atoms with Gasteiger partial charge in [0.05, 0.1) is 30.0 Å². The van der Waals surface area contributed by atoms with E-state index in [4.69, 9.17) is 21.1 Å². The lowest BCUT2D eigenvalue weighted by Gasteiger charge is -2.16. The zero-order valence-corrected chi connectivity index (χ0v) is 12.8. The molecule has 1 amide bonds. The standard InChI is InChI=1S/C14H21ClN2O3/c1-10(2)20-14-11(15)5-4-6-12(14)17-13(18)9-16-7-8-19-3/h4-6,10,16H,7-9H2,1-3H3,(H,17,18). The molecule has 20 heavy (non-hydrogen) atoms. The van der Waals surface area contributed by atoms with Gasteiger partial charge in [0, 0.05) is 13.7 Å². The molecule has 0 saturated heterocycles. The summed E-state index contributed by atoms with van der Waals surface area (Å²) in [6, 6.07) is 5.26. The highest BCUT2D eigenvalue weighted by molar-refractivity contribution is 6.32. The van der Waals surface area contributed by atoms with Crippen molar-refractivity contribution in [2.24, 2.45) is 0 Å². The fraction of sp³-hybridized carbons (Fsp3) is 0.500. The molecule has 1 rings (SSSR count). The Hall–Kier alpha value is -1.30. The number of carbonyl (C=O) groups is 1. The molecule has 2 N–H and O–H groups in total. The Kier molecular flexibility index (Phi) is 7.36. The number of nitrogens with one attached hydrogen (secondary N) is 2. The van der Waals surface area contributed by atoms with Crippen LogP contribution in [0.2, 0.25) is 5.02 Å². The number of hydrogen-bond acceptors (Lipinski definition) is 4. The number of ether oxygens (including phenoxy) is 2. The number of benzene rings is 1. The van der Waals surface area contributed by atoms with Crippen molar-refractivity contribution in [2.75, 3.05) is 32.1 Å². The van der Waals surface area contributed by atoms with Crippen LogP contribution in [0.4, 0.5) is 5.69 Å². The predicted molar refractivity (Wildman–Crippen MR) is 80.6 cm³/mol. The van der Waals surface area contributed by atoms with Crippen LogP contribution in [0.15, 0.2) is 18.2 Å². The molecular weight excluding hydrogens is 280 g/mol. The average Bonchev–Trinajstić information content (AvgIpc) is 2.38. The summed E-state index contributed by atoms with van der Waals surface area (Å²) in [7, 11) is 1.61. The van der Waals surface area contributed by atoms with E-state index in [1.165, 1.54) is 0 Å². The van der Waals surface area contributed by atoms with Crippen molar-refractivity contribution in [2.45, 2.75) is 20.0 Å². The summed E-state index contributed by atoms with van der Waals surface area (Å²) >= 11 is 6.09. The first-order valence-electron chi connectivity index (χ1n) is 6.49. The number of rotatable bonds is 8. The maximum atomic E-state index is 11.8. The fourth-order valence-corrected chi connectivity index (χ4v) is 1.75.